The van der Waals surface area contributed by atoms with Crippen LogP contribution in [-0.2, 0) is 9.59 Å². The van der Waals surface area contributed by atoms with E-state index in [9.17, 15) is 14.4 Å². The van der Waals surface area contributed by atoms with Crippen molar-refractivity contribution in [1.82, 2.24) is 5.32 Å². The summed E-state index contributed by atoms with van der Waals surface area (Å²) in [4.78, 5) is 33.8. The van der Waals surface area contributed by atoms with Crippen LogP contribution in [0.5, 0.6) is 0 Å². The molecule has 2 atom stereocenters. The second kappa shape index (κ2) is 4.37. The van der Waals surface area contributed by atoms with Crippen molar-refractivity contribution in [2.75, 3.05) is 0 Å². The van der Waals surface area contributed by atoms with Crippen LogP contribution in [0.25, 0.3) is 0 Å². The van der Waals surface area contributed by atoms with Crippen LogP contribution < -0.4 is 5.32 Å². The molecule has 4 heteroatoms. The summed E-state index contributed by atoms with van der Waals surface area (Å²) in [5, 5.41) is 2.35. The molecule has 18 heavy (non-hydrogen) atoms. The highest BCUT2D eigenvalue weighted by molar-refractivity contribution is 6.06. The molecule has 1 heterocycles. The number of nitrogens with one attached hydrogen (secondary N) is 1. The highest BCUT2D eigenvalue weighted by Crippen LogP contribution is 2.41. The average Bonchev–Trinajstić information content (AvgIpc) is 2.63. The van der Waals surface area contributed by atoms with Crippen molar-refractivity contribution >= 4 is 18.1 Å². The third-order valence-electron chi connectivity index (χ3n) is 3.83. The van der Waals surface area contributed by atoms with Crippen molar-refractivity contribution in [3.63, 3.8) is 0 Å². The molecule has 94 valence electrons. The van der Waals surface area contributed by atoms with Gasteiger partial charge in [-0.3, -0.25) is 19.7 Å². The second-order valence-electron chi connectivity index (χ2n) is 4.98. The topological polar surface area (TPSA) is 63.2 Å². The fraction of sp³-hybridized carbons (Fsp3) is 0.357. The zero-order chi connectivity index (χ0) is 13.3. The molecular weight excluding hydrogens is 230 g/mol. The van der Waals surface area contributed by atoms with Crippen molar-refractivity contribution in [1.29, 1.82) is 0 Å². The Morgan fingerprint density at radius 2 is 1.89 bits per heavy atom. The fourth-order valence-electron chi connectivity index (χ4n) is 2.31. The summed E-state index contributed by atoms with van der Waals surface area (Å²) in [5.74, 6) is -0.525. The maximum Gasteiger partial charge on any atom is 0.233 e. The van der Waals surface area contributed by atoms with Crippen molar-refractivity contribution in [3.8, 4) is 0 Å². The summed E-state index contributed by atoms with van der Waals surface area (Å²) in [6, 6.07) is 7.10. The van der Waals surface area contributed by atoms with Crippen LogP contribution in [0, 0.1) is 5.41 Å². The average molecular weight is 245 g/mol. The van der Waals surface area contributed by atoms with Gasteiger partial charge in [0.15, 0.2) is 0 Å². The lowest BCUT2D eigenvalue weighted by Gasteiger charge is -2.28. The van der Waals surface area contributed by atoms with Crippen LogP contribution in [0.3, 0.4) is 0 Å². The summed E-state index contributed by atoms with van der Waals surface area (Å²) >= 11 is 0. The number of hydrogen-bond acceptors (Lipinski definition) is 3. The Balaban J connectivity index is 2.30. The van der Waals surface area contributed by atoms with Gasteiger partial charge in [-0.2, -0.15) is 0 Å². The molecule has 1 aliphatic heterocycles. The van der Waals surface area contributed by atoms with Gasteiger partial charge in [0.2, 0.25) is 11.8 Å². The highest BCUT2D eigenvalue weighted by atomic mass is 16.2. The van der Waals surface area contributed by atoms with Gasteiger partial charge in [-0.05, 0) is 18.4 Å². The number of carbonyl (C=O) groups excluding carboxylic acids is 3. The molecule has 2 amide bonds. The summed E-state index contributed by atoms with van der Waals surface area (Å²) in [6.45, 7) is 3.72. The third kappa shape index (κ3) is 1.94. The van der Waals surface area contributed by atoms with Gasteiger partial charge in [0, 0.05) is 12.0 Å². The zero-order valence-electron chi connectivity index (χ0n) is 10.4. The second-order valence-corrected chi connectivity index (χ2v) is 4.98. The predicted molar refractivity (Wildman–Crippen MR) is 66.1 cm³/mol. The monoisotopic (exact) mass is 245 g/mol. The van der Waals surface area contributed by atoms with Crippen LogP contribution in [0.15, 0.2) is 24.3 Å². The Hall–Kier alpha value is -1.97. The van der Waals surface area contributed by atoms with Gasteiger partial charge in [0.1, 0.15) is 6.29 Å². The van der Waals surface area contributed by atoms with Crippen molar-refractivity contribution in [2.24, 2.45) is 5.41 Å². The van der Waals surface area contributed by atoms with Gasteiger partial charge in [0.25, 0.3) is 0 Å². The van der Waals surface area contributed by atoms with E-state index in [0.29, 0.717) is 5.56 Å². The summed E-state index contributed by atoms with van der Waals surface area (Å²) < 4.78 is 0. The minimum atomic E-state index is -0.709. The Labute approximate surface area is 105 Å². The first kappa shape index (κ1) is 12.5. The SMILES string of the molecule is C[C@H](c1ccc(C=O)cc1)[C@]1(C)CC(=O)NC1=O. The Morgan fingerprint density at radius 1 is 1.28 bits per heavy atom. The Kier molecular flexibility index (Phi) is 3.03. The number of imide groups is 1. The molecule has 0 bridgehead atoms. The molecule has 1 fully saturated rings. The van der Waals surface area contributed by atoms with Crippen LogP contribution in [-0.4, -0.2) is 18.1 Å². The van der Waals surface area contributed by atoms with Gasteiger partial charge in [-0.25, -0.2) is 0 Å². The van der Waals surface area contributed by atoms with E-state index in [0.717, 1.165) is 11.8 Å². The first-order chi connectivity index (χ1) is 8.47. The van der Waals surface area contributed by atoms with Gasteiger partial charge in [-0.1, -0.05) is 31.2 Å². The molecule has 1 aliphatic rings. The standard InChI is InChI=1S/C14H15NO3/c1-9(11-5-3-10(8-16)4-6-11)14(2)7-12(17)15-13(14)18/h3-6,8-9H,7H2,1-2H3,(H,15,17,18)/t9-,14+/m1/s1. The van der Waals surface area contributed by atoms with E-state index >= 15 is 0 Å². The first-order valence-corrected chi connectivity index (χ1v) is 5.87. The molecule has 0 saturated carbocycles. The number of rotatable bonds is 3. The quantitative estimate of drug-likeness (QED) is 0.650. The molecule has 1 saturated heterocycles. The lowest BCUT2D eigenvalue weighted by molar-refractivity contribution is -0.128. The molecule has 0 spiro atoms. The van der Waals surface area contributed by atoms with Gasteiger partial charge < -0.3 is 0 Å². The number of aldehydes is 1. The number of carbonyl (C=O) groups is 3. The van der Waals surface area contributed by atoms with E-state index in [1.54, 1.807) is 19.1 Å². The summed E-state index contributed by atoms with van der Waals surface area (Å²) in [7, 11) is 0. The number of benzene rings is 1. The van der Waals surface area contributed by atoms with E-state index < -0.39 is 5.41 Å². The van der Waals surface area contributed by atoms with Crippen LogP contribution in [0.1, 0.15) is 42.1 Å². The fourth-order valence-corrected chi connectivity index (χ4v) is 2.31. The van der Waals surface area contributed by atoms with E-state index in [4.69, 9.17) is 0 Å². The van der Waals surface area contributed by atoms with Gasteiger partial charge in [-0.15, -0.1) is 0 Å². The first-order valence-electron chi connectivity index (χ1n) is 5.87. The maximum absolute atomic E-state index is 11.9. The van der Waals surface area contributed by atoms with Crippen molar-refractivity contribution in [3.05, 3.63) is 35.4 Å². The maximum atomic E-state index is 11.9. The number of hydrogen-bond donors (Lipinski definition) is 1. The lowest BCUT2D eigenvalue weighted by atomic mass is 9.73. The summed E-state index contributed by atoms with van der Waals surface area (Å²) in [5.41, 5.74) is 0.843. The Bertz CT molecular complexity index is 506. The highest BCUT2D eigenvalue weighted by Gasteiger charge is 2.46. The number of amides is 2. The molecule has 2 rings (SSSR count). The molecule has 1 aromatic carbocycles. The third-order valence-corrected chi connectivity index (χ3v) is 3.83. The van der Waals surface area contributed by atoms with E-state index in [1.807, 2.05) is 19.1 Å². The van der Waals surface area contributed by atoms with Crippen molar-refractivity contribution in [2.45, 2.75) is 26.2 Å². The predicted octanol–water partition coefficient (Wildman–Crippen LogP) is 1.66. The molecule has 0 unspecified atom stereocenters. The van der Waals surface area contributed by atoms with Gasteiger partial charge >= 0.3 is 0 Å². The van der Waals surface area contributed by atoms with Crippen LogP contribution in [0.4, 0.5) is 0 Å². The van der Waals surface area contributed by atoms with E-state index in [-0.39, 0.29) is 24.2 Å². The lowest BCUT2D eigenvalue weighted by Crippen LogP contribution is -2.33. The van der Waals surface area contributed by atoms with Gasteiger partial charge in [0.05, 0.1) is 5.41 Å². The molecule has 1 N–H and O–H groups in total. The van der Waals surface area contributed by atoms with Crippen LogP contribution in [0.2, 0.25) is 0 Å². The van der Waals surface area contributed by atoms with Crippen LogP contribution >= 0.6 is 0 Å². The zero-order valence-corrected chi connectivity index (χ0v) is 10.4. The minimum absolute atomic E-state index is 0.0790. The molecule has 1 aromatic rings. The molecule has 0 aliphatic carbocycles. The minimum Gasteiger partial charge on any atom is -0.298 e. The van der Waals surface area contributed by atoms with E-state index in [2.05, 4.69) is 5.32 Å². The Morgan fingerprint density at radius 3 is 2.33 bits per heavy atom. The molecule has 4 nitrogen and oxygen atoms in total. The smallest absolute Gasteiger partial charge is 0.233 e. The molecular formula is C14H15NO3. The molecule has 0 radical (unpaired) electrons. The normalized spacial score (nSPS) is 24.8. The van der Waals surface area contributed by atoms with Crippen molar-refractivity contribution < 1.29 is 14.4 Å². The summed E-state index contributed by atoms with van der Waals surface area (Å²) in [6.07, 6.45) is 0.990. The largest absolute Gasteiger partial charge is 0.298 e. The molecule has 0 aromatic heterocycles. The van der Waals surface area contributed by atoms with E-state index in [1.165, 1.54) is 0 Å².